The molecule has 0 heterocycles. The van der Waals surface area contributed by atoms with Crippen LogP contribution in [-0.4, -0.2) is 11.2 Å². The van der Waals surface area contributed by atoms with Gasteiger partial charge >= 0.3 is 0 Å². The number of aliphatic hydroxyl groups is 1. The molecule has 0 aliphatic heterocycles. The molecule has 0 aromatic rings. The van der Waals surface area contributed by atoms with Crippen molar-refractivity contribution in [1.82, 2.24) is 0 Å². The van der Waals surface area contributed by atoms with Crippen molar-refractivity contribution in [2.45, 2.75) is 53.6 Å². The molecule has 0 aromatic carbocycles. The van der Waals surface area contributed by atoms with Gasteiger partial charge in [0.05, 0.1) is 6.10 Å². The molecule has 0 amide bonds. The lowest BCUT2D eigenvalue weighted by Gasteiger charge is -2.36. The molecule has 1 N–H and O–H groups in total. The lowest BCUT2D eigenvalue weighted by atomic mass is 9.70. The molecule has 15 heavy (non-hydrogen) atoms. The fourth-order valence-electron chi connectivity index (χ4n) is 3.92. The maximum absolute atomic E-state index is 10.2. The third kappa shape index (κ3) is 1.32. The SMILES string of the molecule is CC1C(C)(C)C2=CCCC(O)C2C1(C)C. The fourth-order valence-corrected chi connectivity index (χ4v) is 3.92. The van der Waals surface area contributed by atoms with E-state index in [0.717, 1.165) is 12.8 Å². The Balaban J connectivity index is 2.51. The molecule has 0 saturated heterocycles. The predicted molar refractivity (Wildman–Crippen MR) is 63.5 cm³/mol. The first-order valence-corrected chi connectivity index (χ1v) is 6.18. The number of aliphatic hydroxyl groups excluding tert-OH is 1. The second-order valence-electron chi connectivity index (χ2n) is 6.55. The predicted octanol–water partition coefficient (Wildman–Crippen LogP) is 3.39. The summed E-state index contributed by atoms with van der Waals surface area (Å²) in [7, 11) is 0. The van der Waals surface area contributed by atoms with E-state index in [1.54, 1.807) is 0 Å². The first kappa shape index (κ1) is 11.2. The monoisotopic (exact) mass is 208 g/mol. The van der Waals surface area contributed by atoms with E-state index in [1.807, 2.05) is 0 Å². The van der Waals surface area contributed by atoms with Crippen molar-refractivity contribution in [2.24, 2.45) is 22.7 Å². The molecular formula is C14H24O. The Bertz CT molecular complexity index is 298. The van der Waals surface area contributed by atoms with Crippen molar-refractivity contribution in [1.29, 1.82) is 0 Å². The highest BCUT2D eigenvalue weighted by Crippen LogP contribution is 2.62. The van der Waals surface area contributed by atoms with Crippen molar-refractivity contribution in [3.05, 3.63) is 11.6 Å². The minimum atomic E-state index is -0.121. The Morgan fingerprint density at radius 2 is 1.87 bits per heavy atom. The van der Waals surface area contributed by atoms with Gasteiger partial charge in [0, 0.05) is 5.92 Å². The van der Waals surface area contributed by atoms with E-state index < -0.39 is 0 Å². The minimum Gasteiger partial charge on any atom is -0.392 e. The van der Waals surface area contributed by atoms with E-state index >= 15 is 0 Å². The molecule has 1 saturated carbocycles. The second kappa shape index (κ2) is 3.10. The summed E-state index contributed by atoms with van der Waals surface area (Å²) in [6, 6.07) is 0. The Hall–Kier alpha value is -0.300. The summed E-state index contributed by atoms with van der Waals surface area (Å²) in [6.07, 6.45) is 4.27. The van der Waals surface area contributed by atoms with Crippen LogP contribution in [0.4, 0.5) is 0 Å². The van der Waals surface area contributed by atoms with E-state index in [-0.39, 0.29) is 16.9 Å². The topological polar surface area (TPSA) is 20.2 Å². The zero-order valence-corrected chi connectivity index (χ0v) is 10.7. The summed E-state index contributed by atoms with van der Waals surface area (Å²) in [6.45, 7) is 11.7. The van der Waals surface area contributed by atoms with Gasteiger partial charge in [-0.2, -0.15) is 0 Å². The normalized spacial score (nSPS) is 42.3. The van der Waals surface area contributed by atoms with Crippen LogP contribution in [0.2, 0.25) is 0 Å². The highest BCUT2D eigenvalue weighted by molar-refractivity contribution is 5.30. The minimum absolute atomic E-state index is 0.121. The van der Waals surface area contributed by atoms with E-state index in [2.05, 4.69) is 40.7 Å². The maximum atomic E-state index is 10.2. The van der Waals surface area contributed by atoms with Gasteiger partial charge in [-0.15, -0.1) is 0 Å². The number of fused-ring (bicyclic) bond motifs is 1. The van der Waals surface area contributed by atoms with Gasteiger partial charge < -0.3 is 5.11 Å². The Kier molecular flexibility index (Phi) is 2.31. The van der Waals surface area contributed by atoms with Gasteiger partial charge in [0.25, 0.3) is 0 Å². The van der Waals surface area contributed by atoms with Gasteiger partial charge in [-0.05, 0) is 29.6 Å². The number of rotatable bonds is 0. The van der Waals surface area contributed by atoms with E-state index in [0.29, 0.717) is 11.8 Å². The molecule has 2 aliphatic carbocycles. The summed E-state index contributed by atoms with van der Waals surface area (Å²) < 4.78 is 0. The lowest BCUT2D eigenvalue weighted by molar-refractivity contribution is 0.0411. The molecule has 2 rings (SSSR count). The van der Waals surface area contributed by atoms with Gasteiger partial charge in [-0.25, -0.2) is 0 Å². The number of allylic oxidation sites excluding steroid dienone is 1. The van der Waals surface area contributed by atoms with Crippen LogP contribution in [0.3, 0.4) is 0 Å². The van der Waals surface area contributed by atoms with Crippen molar-refractivity contribution in [3.8, 4) is 0 Å². The number of hydrogen-bond acceptors (Lipinski definition) is 1. The lowest BCUT2D eigenvalue weighted by Crippen LogP contribution is -2.34. The molecule has 1 nitrogen and oxygen atoms in total. The van der Waals surface area contributed by atoms with Gasteiger partial charge in [-0.1, -0.05) is 46.3 Å². The average molecular weight is 208 g/mol. The molecule has 3 unspecified atom stereocenters. The quantitative estimate of drug-likeness (QED) is 0.605. The van der Waals surface area contributed by atoms with Crippen molar-refractivity contribution >= 4 is 0 Å². The molecule has 1 heteroatoms. The first-order valence-electron chi connectivity index (χ1n) is 6.18. The Morgan fingerprint density at radius 3 is 2.40 bits per heavy atom. The van der Waals surface area contributed by atoms with Crippen LogP contribution in [0.25, 0.3) is 0 Å². The molecule has 0 bridgehead atoms. The van der Waals surface area contributed by atoms with Crippen LogP contribution in [0.15, 0.2) is 11.6 Å². The highest BCUT2D eigenvalue weighted by atomic mass is 16.3. The largest absolute Gasteiger partial charge is 0.392 e. The third-order valence-electron chi connectivity index (χ3n) is 5.29. The molecule has 0 radical (unpaired) electrons. The van der Waals surface area contributed by atoms with Crippen LogP contribution in [0, 0.1) is 22.7 Å². The smallest absolute Gasteiger partial charge is 0.0613 e. The second-order valence-corrected chi connectivity index (χ2v) is 6.55. The molecule has 3 atom stereocenters. The van der Waals surface area contributed by atoms with E-state index in [9.17, 15) is 5.11 Å². The van der Waals surface area contributed by atoms with Gasteiger partial charge in [0.2, 0.25) is 0 Å². The van der Waals surface area contributed by atoms with Crippen LogP contribution >= 0.6 is 0 Å². The molecular weight excluding hydrogens is 184 g/mol. The molecule has 86 valence electrons. The van der Waals surface area contributed by atoms with Gasteiger partial charge in [-0.3, -0.25) is 0 Å². The van der Waals surface area contributed by atoms with E-state index in [1.165, 1.54) is 5.57 Å². The van der Waals surface area contributed by atoms with Crippen molar-refractivity contribution < 1.29 is 5.11 Å². The van der Waals surface area contributed by atoms with Crippen LogP contribution < -0.4 is 0 Å². The van der Waals surface area contributed by atoms with Gasteiger partial charge in [0.1, 0.15) is 0 Å². The molecule has 1 fully saturated rings. The molecule has 0 aromatic heterocycles. The zero-order valence-electron chi connectivity index (χ0n) is 10.7. The van der Waals surface area contributed by atoms with Crippen LogP contribution in [0.1, 0.15) is 47.5 Å². The fraction of sp³-hybridized carbons (Fsp3) is 0.857. The van der Waals surface area contributed by atoms with E-state index in [4.69, 9.17) is 0 Å². The Morgan fingerprint density at radius 1 is 1.27 bits per heavy atom. The zero-order chi connectivity index (χ0) is 11.4. The van der Waals surface area contributed by atoms with Crippen molar-refractivity contribution in [2.75, 3.05) is 0 Å². The standard InChI is InChI=1S/C14H24O/c1-9-13(2,3)10-7-6-8-11(15)12(10)14(9,4)5/h7,9,11-12,15H,6,8H2,1-5H3. The summed E-state index contributed by atoms with van der Waals surface area (Å²) in [5, 5.41) is 10.2. The number of hydrogen-bond donors (Lipinski definition) is 1. The summed E-state index contributed by atoms with van der Waals surface area (Å²) >= 11 is 0. The summed E-state index contributed by atoms with van der Waals surface area (Å²) in [4.78, 5) is 0. The summed E-state index contributed by atoms with van der Waals surface area (Å²) in [5.74, 6) is 1.02. The molecule has 0 spiro atoms. The third-order valence-corrected chi connectivity index (χ3v) is 5.29. The molecule has 2 aliphatic rings. The Labute approximate surface area is 93.6 Å². The van der Waals surface area contributed by atoms with Crippen LogP contribution in [0.5, 0.6) is 0 Å². The average Bonchev–Trinajstić information content (AvgIpc) is 2.27. The van der Waals surface area contributed by atoms with Gasteiger partial charge in [0.15, 0.2) is 0 Å². The summed E-state index contributed by atoms with van der Waals surface area (Å²) in [5.41, 5.74) is 2.00. The highest BCUT2D eigenvalue weighted by Gasteiger charge is 2.56. The first-order chi connectivity index (χ1) is 6.79. The maximum Gasteiger partial charge on any atom is 0.0613 e. The van der Waals surface area contributed by atoms with Crippen LogP contribution in [-0.2, 0) is 0 Å². The van der Waals surface area contributed by atoms with Crippen molar-refractivity contribution in [3.63, 3.8) is 0 Å².